The van der Waals surface area contributed by atoms with Gasteiger partial charge in [-0.3, -0.25) is 19.6 Å². The number of aromatic nitrogens is 2. The van der Waals surface area contributed by atoms with Gasteiger partial charge < -0.3 is 9.57 Å². The van der Waals surface area contributed by atoms with Crippen LogP contribution in [-0.2, 0) is 21.4 Å². The highest BCUT2D eigenvalue weighted by Crippen LogP contribution is 2.25. The van der Waals surface area contributed by atoms with Crippen LogP contribution >= 0.6 is 0 Å². The molecule has 0 aliphatic heterocycles. The van der Waals surface area contributed by atoms with Gasteiger partial charge in [-0.2, -0.15) is 5.10 Å². The van der Waals surface area contributed by atoms with E-state index in [-0.39, 0.29) is 23.4 Å². The standard InChI is InChI=1S/C24H20N4O8S/c1-15-5-3-4-6-20(15)24(30)37(33,34)26-36-23(29)16-7-8-17(22(12-16)35-2)14-27-21-10-9-19(28(31)32)11-18(21)13-25-27/h3-13,26H,14H2,1-2H3. The van der Waals surface area contributed by atoms with Crippen molar-refractivity contribution in [1.29, 1.82) is 0 Å². The van der Waals surface area contributed by atoms with Crippen molar-refractivity contribution in [2.24, 2.45) is 0 Å². The van der Waals surface area contributed by atoms with Gasteiger partial charge in [0.05, 0.1) is 35.9 Å². The van der Waals surface area contributed by atoms with Crippen LogP contribution in [0.4, 0.5) is 5.69 Å². The van der Waals surface area contributed by atoms with Gasteiger partial charge >= 0.3 is 16.0 Å². The number of carbonyl (C=O) groups excluding carboxylic acids is 2. The first-order valence-electron chi connectivity index (χ1n) is 10.7. The number of nitro groups is 1. The molecule has 1 N–H and O–H groups in total. The van der Waals surface area contributed by atoms with E-state index in [0.29, 0.717) is 27.8 Å². The lowest BCUT2D eigenvalue weighted by Gasteiger charge is -2.12. The molecule has 4 rings (SSSR count). The molecule has 13 heteroatoms. The molecule has 0 aliphatic carbocycles. The van der Waals surface area contributed by atoms with Gasteiger partial charge in [-0.05, 0) is 41.6 Å². The van der Waals surface area contributed by atoms with Crippen LogP contribution in [0.3, 0.4) is 0 Å². The molecule has 0 unspecified atom stereocenters. The number of rotatable bonds is 8. The second-order valence-electron chi connectivity index (χ2n) is 7.91. The molecular weight excluding hydrogens is 504 g/mol. The van der Waals surface area contributed by atoms with Crippen molar-refractivity contribution in [3.05, 3.63) is 99.2 Å². The van der Waals surface area contributed by atoms with E-state index in [1.54, 1.807) is 40.8 Å². The average Bonchev–Trinajstić information content (AvgIpc) is 3.29. The first-order chi connectivity index (χ1) is 17.6. The lowest BCUT2D eigenvalue weighted by molar-refractivity contribution is -0.384. The summed E-state index contributed by atoms with van der Waals surface area (Å²) < 4.78 is 31.6. The number of fused-ring (bicyclic) bond motifs is 1. The predicted octanol–water partition coefficient (Wildman–Crippen LogP) is 3.14. The minimum Gasteiger partial charge on any atom is -0.496 e. The molecular formula is C24H20N4O8S. The Labute approximate surface area is 210 Å². The van der Waals surface area contributed by atoms with Crippen molar-refractivity contribution in [3.63, 3.8) is 0 Å². The normalized spacial score (nSPS) is 11.3. The van der Waals surface area contributed by atoms with Crippen molar-refractivity contribution < 1.29 is 32.5 Å². The number of non-ortho nitro benzene ring substituents is 1. The molecule has 190 valence electrons. The molecule has 0 saturated carbocycles. The molecule has 0 spiro atoms. The Morgan fingerprint density at radius 3 is 2.57 bits per heavy atom. The van der Waals surface area contributed by atoms with Gasteiger partial charge in [0.25, 0.3) is 10.8 Å². The number of ether oxygens (including phenoxy) is 1. The van der Waals surface area contributed by atoms with E-state index in [9.17, 15) is 28.1 Å². The van der Waals surface area contributed by atoms with E-state index < -0.39 is 26.0 Å². The zero-order chi connectivity index (χ0) is 26.7. The second-order valence-corrected chi connectivity index (χ2v) is 9.45. The summed E-state index contributed by atoms with van der Waals surface area (Å²) in [5.41, 5.74) is 1.60. The van der Waals surface area contributed by atoms with Crippen LogP contribution in [0.25, 0.3) is 10.9 Å². The highest BCUT2D eigenvalue weighted by molar-refractivity contribution is 8.04. The molecule has 0 saturated heterocycles. The van der Waals surface area contributed by atoms with E-state index >= 15 is 0 Å². The molecule has 3 aromatic carbocycles. The van der Waals surface area contributed by atoms with Crippen molar-refractivity contribution in [3.8, 4) is 5.75 Å². The number of benzene rings is 3. The molecule has 0 fully saturated rings. The lowest BCUT2D eigenvalue weighted by Crippen LogP contribution is -2.33. The maximum absolute atomic E-state index is 12.5. The maximum Gasteiger partial charge on any atom is 0.357 e. The number of methoxy groups -OCH3 is 1. The highest BCUT2D eigenvalue weighted by atomic mass is 32.2. The summed E-state index contributed by atoms with van der Waals surface area (Å²) >= 11 is 0. The summed E-state index contributed by atoms with van der Waals surface area (Å²) in [5, 5.41) is 14.6. The molecule has 0 aliphatic rings. The van der Waals surface area contributed by atoms with Gasteiger partial charge in [0.1, 0.15) is 5.75 Å². The van der Waals surface area contributed by atoms with E-state index in [1.807, 2.05) is 0 Å². The summed E-state index contributed by atoms with van der Waals surface area (Å²) in [4.78, 5) is 41.6. The van der Waals surface area contributed by atoms with E-state index in [2.05, 4.69) is 9.94 Å². The number of nitro benzene ring substituents is 1. The van der Waals surface area contributed by atoms with Crippen LogP contribution in [0.2, 0.25) is 0 Å². The third-order valence-electron chi connectivity index (χ3n) is 5.53. The molecule has 1 heterocycles. The molecule has 1 aromatic heterocycles. The van der Waals surface area contributed by atoms with Gasteiger partial charge in [-0.25, -0.2) is 13.2 Å². The van der Waals surface area contributed by atoms with Gasteiger partial charge in [0.2, 0.25) is 0 Å². The summed E-state index contributed by atoms with van der Waals surface area (Å²) in [6.07, 6.45) is 1.50. The van der Waals surface area contributed by atoms with Crippen LogP contribution in [0, 0.1) is 17.0 Å². The van der Waals surface area contributed by atoms with Crippen LogP contribution in [0.5, 0.6) is 5.75 Å². The Morgan fingerprint density at radius 1 is 1.11 bits per heavy atom. The quantitative estimate of drug-likeness (QED) is 0.270. The fraction of sp³-hybridized carbons (Fsp3) is 0.125. The monoisotopic (exact) mass is 524 g/mol. The summed E-state index contributed by atoms with van der Waals surface area (Å²) in [6, 6.07) is 14.8. The van der Waals surface area contributed by atoms with Crippen molar-refractivity contribution in [2.45, 2.75) is 13.5 Å². The topological polar surface area (TPSA) is 160 Å². The third kappa shape index (κ3) is 5.32. The molecule has 4 aromatic rings. The van der Waals surface area contributed by atoms with E-state index in [1.165, 1.54) is 49.7 Å². The molecule has 12 nitrogen and oxygen atoms in total. The van der Waals surface area contributed by atoms with Crippen molar-refractivity contribution in [1.82, 2.24) is 14.7 Å². The second kappa shape index (κ2) is 10.2. The third-order valence-corrected chi connectivity index (χ3v) is 6.54. The SMILES string of the molecule is COc1cc(C(=O)ONS(=O)(=O)C(=O)c2ccccc2C)ccc1Cn1ncc2cc([N+](=O)[O-])ccc21. The Kier molecular flexibility index (Phi) is 7.00. The number of nitrogens with one attached hydrogen (secondary N) is 1. The molecule has 37 heavy (non-hydrogen) atoms. The summed E-state index contributed by atoms with van der Waals surface area (Å²) in [5.74, 6) is -0.762. The van der Waals surface area contributed by atoms with Gasteiger partial charge in [0, 0.05) is 28.6 Å². The van der Waals surface area contributed by atoms with Gasteiger partial charge in [0.15, 0.2) is 0 Å². The highest BCUT2D eigenvalue weighted by Gasteiger charge is 2.27. The number of nitrogens with zero attached hydrogens (tertiary/aromatic N) is 3. The van der Waals surface area contributed by atoms with Gasteiger partial charge in [-0.15, -0.1) is 0 Å². The minimum atomic E-state index is -4.64. The largest absolute Gasteiger partial charge is 0.496 e. The summed E-state index contributed by atoms with van der Waals surface area (Å²) in [7, 11) is -3.25. The zero-order valence-electron chi connectivity index (χ0n) is 19.6. The van der Waals surface area contributed by atoms with E-state index in [4.69, 9.17) is 4.74 Å². The Hall–Kier alpha value is -4.62. The number of sulfonamides is 1. The van der Waals surface area contributed by atoms with Crippen LogP contribution in [0.15, 0.2) is 66.9 Å². The fourth-order valence-corrected chi connectivity index (χ4v) is 4.39. The van der Waals surface area contributed by atoms with Crippen molar-refractivity contribution >= 4 is 37.7 Å². The van der Waals surface area contributed by atoms with Crippen LogP contribution < -0.4 is 9.62 Å². The first kappa shape index (κ1) is 25.5. The maximum atomic E-state index is 12.5. The molecule has 0 atom stereocenters. The smallest absolute Gasteiger partial charge is 0.357 e. The molecule has 0 bridgehead atoms. The fourth-order valence-electron chi connectivity index (χ4n) is 3.61. The van der Waals surface area contributed by atoms with Crippen LogP contribution in [-0.4, -0.2) is 41.3 Å². The average molecular weight is 525 g/mol. The Morgan fingerprint density at radius 2 is 1.86 bits per heavy atom. The Balaban J connectivity index is 1.49. The van der Waals surface area contributed by atoms with Gasteiger partial charge in [-0.1, -0.05) is 24.3 Å². The number of hydrogen-bond donors (Lipinski definition) is 1. The summed E-state index contributed by atoms with van der Waals surface area (Å²) in [6.45, 7) is 1.80. The minimum absolute atomic E-state index is 0.0346. The Bertz CT molecular complexity index is 1650. The predicted molar refractivity (Wildman–Crippen MR) is 131 cm³/mol. The number of aryl methyl sites for hydroxylation is 1. The lowest BCUT2D eigenvalue weighted by atomic mass is 10.1. The van der Waals surface area contributed by atoms with Crippen LogP contribution in [0.1, 0.15) is 31.8 Å². The van der Waals surface area contributed by atoms with E-state index in [0.717, 1.165) is 0 Å². The number of hydrogen-bond acceptors (Lipinski definition) is 9. The number of carbonyl (C=O) groups is 2. The molecule has 0 radical (unpaired) electrons. The van der Waals surface area contributed by atoms with Crippen molar-refractivity contribution in [2.75, 3.05) is 7.11 Å². The zero-order valence-corrected chi connectivity index (χ0v) is 20.4. The first-order valence-corrected chi connectivity index (χ1v) is 12.2. The molecule has 0 amide bonds.